The van der Waals surface area contributed by atoms with E-state index in [9.17, 15) is 23.3 Å². The molecule has 5 fully saturated rings. The fourth-order valence-corrected chi connectivity index (χ4v) is 15.4. The van der Waals surface area contributed by atoms with E-state index in [1.54, 1.807) is 18.6 Å². The van der Waals surface area contributed by atoms with E-state index in [1.807, 2.05) is 30.5 Å². The smallest absolute Gasteiger partial charge is 0.297 e. The van der Waals surface area contributed by atoms with Gasteiger partial charge in [0.1, 0.15) is 41.8 Å². The fourth-order valence-electron chi connectivity index (χ4n) is 14.4. The molecule has 10 heterocycles. The van der Waals surface area contributed by atoms with E-state index in [1.165, 1.54) is 11.6 Å². The first-order chi connectivity index (χ1) is 40.3. The zero-order valence-electron chi connectivity index (χ0n) is 46.6. The Morgan fingerprint density at radius 2 is 1.72 bits per heavy atom. The minimum Gasteiger partial charge on any atom is -0.491 e. The second kappa shape index (κ2) is 21.7. The number of amides is 1. The molecular weight excluding hydrogens is 1080 g/mol. The SMILES string of the molecule is CC(C)Oc1ccccc1[C@@H]1CN([C@H]2CCOc3cncnc32)CCN1C1CC2(CCN(c3ccc(C(=O)NS(=O)(=O)c4cc5c(c([N+](=O)[O-])c4)N[C@H](C4CCOCC4)CO5)c(N4c5cc6cc[nH]c6nc5O[C@H]5COCC[C@@H]54)c3)CC2)C1. The lowest BCUT2D eigenvalue weighted by molar-refractivity contribution is -0.384. The number of carbonyl (C=O) groups is 1. The predicted octanol–water partition coefficient (Wildman–Crippen LogP) is 8.09. The minimum atomic E-state index is -4.72. The third kappa shape index (κ3) is 10.1. The number of pyridine rings is 1. The summed E-state index contributed by atoms with van der Waals surface area (Å²) in [5, 5.41) is 16.7. The Bertz CT molecular complexity index is 3560. The second-order valence-electron chi connectivity index (χ2n) is 23.8. The van der Waals surface area contributed by atoms with Crippen molar-refractivity contribution in [2.45, 2.75) is 113 Å². The van der Waals surface area contributed by atoms with E-state index in [-0.39, 0.29) is 71.8 Å². The largest absolute Gasteiger partial charge is 0.491 e. The molecule has 14 rings (SSSR count). The van der Waals surface area contributed by atoms with Gasteiger partial charge in [-0.05, 0) is 107 Å². The average Bonchev–Trinajstić information content (AvgIpc) is 4.15. The molecule has 23 heteroatoms. The molecule has 3 aromatic carbocycles. The lowest BCUT2D eigenvalue weighted by atomic mass is 9.59. The Labute approximate surface area is 481 Å². The summed E-state index contributed by atoms with van der Waals surface area (Å²) in [5.74, 6) is 1.33. The van der Waals surface area contributed by atoms with Gasteiger partial charge in [-0.1, -0.05) is 18.2 Å². The Kier molecular flexibility index (Phi) is 14.0. The number of fused-ring (bicyclic) bond motifs is 5. The topological polar surface area (TPSA) is 241 Å². The quantitative estimate of drug-likeness (QED) is 0.0774. The van der Waals surface area contributed by atoms with Crippen molar-refractivity contribution >= 4 is 55.4 Å². The highest BCUT2D eigenvalue weighted by atomic mass is 32.2. The van der Waals surface area contributed by atoms with E-state index in [0.29, 0.717) is 61.8 Å². The normalized spacial score (nSPS) is 24.7. The van der Waals surface area contributed by atoms with Crippen LogP contribution in [0.25, 0.3) is 11.0 Å². The first-order valence-electron chi connectivity index (χ1n) is 29.3. The molecule has 1 amide bonds. The van der Waals surface area contributed by atoms with Crippen LogP contribution < -0.4 is 38.8 Å². The molecule has 0 bridgehead atoms. The van der Waals surface area contributed by atoms with Gasteiger partial charge in [0.15, 0.2) is 17.2 Å². The molecule has 6 aromatic rings. The van der Waals surface area contributed by atoms with Crippen molar-refractivity contribution in [2.24, 2.45) is 11.3 Å². The summed E-state index contributed by atoms with van der Waals surface area (Å²) in [5.41, 5.74) is 4.69. The molecule has 83 heavy (non-hydrogen) atoms. The zero-order chi connectivity index (χ0) is 56.6. The molecule has 1 saturated carbocycles. The minimum absolute atomic E-state index is 0.0225. The van der Waals surface area contributed by atoms with Gasteiger partial charge in [-0.15, -0.1) is 0 Å². The molecule has 5 atom stereocenters. The molecule has 0 unspecified atom stereocenters. The highest BCUT2D eigenvalue weighted by Crippen LogP contribution is 2.55. The number of nitro benzene ring substituents is 1. The van der Waals surface area contributed by atoms with Gasteiger partial charge >= 0.3 is 0 Å². The number of piperidine rings is 1. The molecule has 0 radical (unpaired) electrons. The molecule has 4 saturated heterocycles. The van der Waals surface area contributed by atoms with Crippen molar-refractivity contribution < 1.29 is 46.6 Å². The zero-order valence-corrected chi connectivity index (χ0v) is 47.4. The molecule has 7 aliphatic heterocycles. The van der Waals surface area contributed by atoms with Crippen LogP contribution in [0.4, 0.5) is 28.4 Å². The lowest BCUT2D eigenvalue weighted by Gasteiger charge is -2.58. The number of ether oxygens (including phenoxy) is 6. The number of H-pyrrole nitrogens is 1. The molecule has 22 nitrogen and oxygen atoms in total. The number of carbonyl (C=O) groups excluding carboxylic acids is 1. The molecule has 3 N–H and O–H groups in total. The first-order valence-corrected chi connectivity index (χ1v) is 30.8. The van der Waals surface area contributed by atoms with E-state index in [2.05, 4.69) is 77.7 Å². The van der Waals surface area contributed by atoms with Crippen molar-refractivity contribution in [3.05, 3.63) is 112 Å². The van der Waals surface area contributed by atoms with Gasteiger partial charge in [0.25, 0.3) is 21.6 Å². The van der Waals surface area contributed by atoms with Crippen LogP contribution in [-0.2, 0) is 19.5 Å². The number of anilines is 4. The number of piperazine rings is 1. The van der Waals surface area contributed by atoms with E-state index in [0.717, 1.165) is 112 Å². The number of nitrogens with zero attached hydrogens (tertiary/aromatic N) is 8. The summed E-state index contributed by atoms with van der Waals surface area (Å²) in [4.78, 5) is 53.3. The third-order valence-corrected chi connectivity index (χ3v) is 20.0. The monoisotopic (exact) mass is 1150 g/mol. The molecule has 436 valence electrons. The number of hydrogen-bond acceptors (Lipinski definition) is 19. The summed E-state index contributed by atoms with van der Waals surface area (Å²) >= 11 is 0. The standard InChI is InChI=1S/C60H69N11O11S/c1-36(2)81-51-6-4-3-5-42(51)50-32-68(46-13-24-79-53-31-61-35-63-55(46)53)19-20-69(50)40-29-60(30-40)14-17-67(18-15-60)39-7-8-43(47(26-39)70-45-12-23-78-34-54(45)82-59-49(70)25-38-9-16-62-57(38)65-59)58(72)66-83(75,76)41-27-48(71(73)74)56-52(28-41)80-33-44(64-56)37-10-21-77-22-11-37/h3-9,16,25-28,31,35-37,40,44-46,50,54,64H,10-15,17-24,29-30,32-34H2,1-2H3,(H,62,65)(H,66,72)/t44-,45-,46-,50-,54-/m0/s1. The predicted molar refractivity (Wildman–Crippen MR) is 308 cm³/mol. The number of benzene rings is 3. The second-order valence-corrected chi connectivity index (χ2v) is 25.5. The Hall–Kier alpha value is -7.31. The van der Waals surface area contributed by atoms with Crippen molar-refractivity contribution in [3.63, 3.8) is 0 Å². The molecule has 8 aliphatic rings. The Morgan fingerprint density at radius 3 is 2.55 bits per heavy atom. The van der Waals surface area contributed by atoms with Gasteiger partial charge in [0, 0.05) is 100.0 Å². The highest BCUT2D eigenvalue weighted by Gasteiger charge is 2.51. The number of sulfonamides is 1. The summed E-state index contributed by atoms with van der Waals surface area (Å²) < 4.78 is 67.9. The van der Waals surface area contributed by atoms with Crippen LogP contribution in [0.1, 0.15) is 98.9 Å². The summed E-state index contributed by atoms with van der Waals surface area (Å²) in [6.07, 6.45) is 11.9. The number of nitrogens with one attached hydrogen (secondary N) is 3. The van der Waals surface area contributed by atoms with Crippen LogP contribution in [0.15, 0.2) is 90.3 Å². The van der Waals surface area contributed by atoms with Crippen molar-refractivity contribution in [3.8, 4) is 23.1 Å². The molecule has 1 spiro atoms. The van der Waals surface area contributed by atoms with E-state index < -0.39 is 37.5 Å². The third-order valence-electron chi connectivity index (χ3n) is 18.7. The molecular formula is C60H69N11O11S. The van der Waals surface area contributed by atoms with Gasteiger partial charge in [-0.2, -0.15) is 4.98 Å². The van der Waals surface area contributed by atoms with Crippen molar-refractivity contribution in [2.75, 3.05) is 87.5 Å². The van der Waals surface area contributed by atoms with Crippen LogP contribution in [0.2, 0.25) is 0 Å². The number of para-hydroxylation sites is 1. The molecule has 3 aromatic heterocycles. The number of aromatic nitrogens is 4. The Morgan fingerprint density at radius 1 is 0.892 bits per heavy atom. The van der Waals surface area contributed by atoms with E-state index in [4.69, 9.17) is 38.4 Å². The van der Waals surface area contributed by atoms with Crippen LogP contribution in [0.3, 0.4) is 0 Å². The van der Waals surface area contributed by atoms with E-state index >= 15 is 0 Å². The fraction of sp³-hybridized carbons (Fsp3) is 0.500. The molecule has 1 aliphatic carbocycles. The lowest BCUT2D eigenvalue weighted by Crippen LogP contribution is -2.60. The first kappa shape index (κ1) is 53.7. The summed E-state index contributed by atoms with van der Waals surface area (Å²) in [6, 6.07) is 20.3. The van der Waals surface area contributed by atoms with Gasteiger partial charge in [-0.3, -0.25) is 24.7 Å². The van der Waals surface area contributed by atoms with Crippen LogP contribution >= 0.6 is 0 Å². The summed E-state index contributed by atoms with van der Waals surface area (Å²) in [7, 11) is -4.72. The maximum absolute atomic E-state index is 15.0. The highest BCUT2D eigenvalue weighted by molar-refractivity contribution is 7.90. The van der Waals surface area contributed by atoms with Gasteiger partial charge < -0.3 is 48.5 Å². The summed E-state index contributed by atoms with van der Waals surface area (Å²) in [6.45, 7) is 11.1. The van der Waals surface area contributed by atoms with Gasteiger partial charge in [0.05, 0.1) is 70.8 Å². The van der Waals surface area contributed by atoms with Crippen molar-refractivity contribution in [1.82, 2.24) is 34.5 Å². The Balaban J connectivity index is 0.740. The number of rotatable bonds is 12. The van der Waals surface area contributed by atoms with Gasteiger partial charge in [0.2, 0.25) is 5.88 Å². The van der Waals surface area contributed by atoms with Crippen LogP contribution in [-0.4, -0.2) is 152 Å². The number of hydrogen-bond donors (Lipinski definition) is 3. The number of nitro groups is 1. The van der Waals surface area contributed by atoms with Crippen LogP contribution in [0, 0.1) is 21.4 Å². The maximum atomic E-state index is 15.0. The van der Waals surface area contributed by atoms with Crippen LogP contribution in [0.5, 0.6) is 23.1 Å². The average molecular weight is 1150 g/mol. The van der Waals surface area contributed by atoms with Crippen molar-refractivity contribution in [1.29, 1.82) is 0 Å². The van der Waals surface area contributed by atoms with Gasteiger partial charge in [-0.25, -0.2) is 23.1 Å². The number of aromatic amines is 1. The maximum Gasteiger partial charge on any atom is 0.297 e.